The Morgan fingerprint density at radius 2 is 1.95 bits per heavy atom. The molecule has 0 bridgehead atoms. The van der Waals surface area contributed by atoms with Crippen molar-refractivity contribution in [3.63, 3.8) is 0 Å². The van der Waals surface area contributed by atoms with E-state index in [0.717, 1.165) is 0 Å². The molecule has 112 valence electrons. The molecular weight excluding hydrogens is 336 g/mol. The summed E-state index contributed by atoms with van der Waals surface area (Å²) < 4.78 is 45.6. The van der Waals surface area contributed by atoms with Crippen LogP contribution in [-0.2, 0) is 19.5 Å². The Morgan fingerprint density at radius 1 is 1.35 bits per heavy atom. The van der Waals surface area contributed by atoms with Gasteiger partial charge in [-0.1, -0.05) is 23.2 Å². The number of benzene rings is 1. The zero-order valence-corrected chi connectivity index (χ0v) is 12.5. The number of hydrogen-bond donors (Lipinski definition) is 1. The third-order valence-electron chi connectivity index (χ3n) is 2.14. The second kappa shape index (κ2) is 6.68. The van der Waals surface area contributed by atoms with Gasteiger partial charge in [0.05, 0.1) is 22.2 Å². The van der Waals surface area contributed by atoms with Gasteiger partial charge in [-0.05, 0) is 6.07 Å². The molecular formula is C10H10Cl2FNO5S. The van der Waals surface area contributed by atoms with Gasteiger partial charge < -0.3 is 9.47 Å². The minimum atomic E-state index is -4.40. The SMILES string of the molecule is COCCOC(=O)c1cc(F)c(Cl)c(S(N)(=O)=O)c1Cl. The lowest BCUT2D eigenvalue weighted by atomic mass is 10.2. The van der Waals surface area contributed by atoms with Gasteiger partial charge >= 0.3 is 5.97 Å². The lowest BCUT2D eigenvalue weighted by Crippen LogP contribution is -2.17. The molecule has 0 aliphatic carbocycles. The first-order chi connectivity index (χ1) is 9.20. The van der Waals surface area contributed by atoms with Crippen LogP contribution in [0.3, 0.4) is 0 Å². The zero-order valence-electron chi connectivity index (χ0n) is 10.2. The predicted molar refractivity (Wildman–Crippen MR) is 70.0 cm³/mol. The minimum absolute atomic E-state index is 0.110. The second-order valence-electron chi connectivity index (χ2n) is 3.54. The van der Waals surface area contributed by atoms with Crippen LogP contribution < -0.4 is 5.14 Å². The Balaban J connectivity index is 3.30. The van der Waals surface area contributed by atoms with Crippen molar-refractivity contribution in [1.82, 2.24) is 0 Å². The minimum Gasteiger partial charge on any atom is -0.460 e. The van der Waals surface area contributed by atoms with E-state index < -0.39 is 42.3 Å². The number of halogens is 3. The monoisotopic (exact) mass is 345 g/mol. The van der Waals surface area contributed by atoms with Crippen LogP contribution in [0.2, 0.25) is 10.0 Å². The summed E-state index contributed by atoms with van der Waals surface area (Å²) in [4.78, 5) is 10.8. The molecule has 20 heavy (non-hydrogen) atoms. The summed E-state index contributed by atoms with van der Waals surface area (Å²) in [5, 5.41) is 3.50. The molecule has 0 radical (unpaired) electrons. The molecule has 0 unspecified atom stereocenters. The lowest BCUT2D eigenvalue weighted by Gasteiger charge is -2.10. The topological polar surface area (TPSA) is 95.7 Å². The molecule has 0 aliphatic heterocycles. The molecule has 0 saturated heterocycles. The molecule has 1 aromatic rings. The molecule has 0 fully saturated rings. The molecule has 10 heteroatoms. The van der Waals surface area contributed by atoms with E-state index in [9.17, 15) is 17.6 Å². The molecule has 0 saturated carbocycles. The van der Waals surface area contributed by atoms with Gasteiger partial charge in [0.25, 0.3) is 0 Å². The van der Waals surface area contributed by atoms with Gasteiger partial charge in [0.15, 0.2) is 0 Å². The van der Waals surface area contributed by atoms with Crippen molar-refractivity contribution in [2.24, 2.45) is 5.14 Å². The number of rotatable bonds is 5. The highest BCUT2D eigenvalue weighted by Crippen LogP contribution is 2.34. The van der Waals surface area contributed by atoms with Crippen molar-refractivity contribution < 1.29 is 27.1 Å². The highest BCUT2D eigenvalue weighted by molar-refractivity contribution is 7.89. The third kappa shape index (κ3) is 3.80. The molecule has 1 rings (SSSR count). The maximum absolute atomic E-state index is 13.6. The number of nitrogens with two attached hydrogens (primary N) is 1. The summed E-state index contributed by atoms with van der Waals surface area (Å²) in [6, 6.07) is 0.675. The number of sulfonamides is 1. The fourth-order valence-electron chi connectivity index (χ4n) is 1.27. The molecule has 0 heterocycles. The first-order valence-corrected chi connectivity index (χ1v) is 7.36. The number of carbonyl (C=O) groups is 1. The molecule has 0 aromatic heterocycles. The fourth-order valence-corrected chi connectivity index (χ4v) is 3.05. The molecule has 0 atom stereocenters. The number of ether oxygens (including phenoxy) is 2. The molecule has 1 aromatic carbocycles. The predicted octanol–water partition coefficient (Wildman–Crippen LogP) is 1.58. The Labute approximate surface area is 124 Å². The van der Waals surface area contributed by atoms with E-state index in [-0.39, 0.29) is 13.2 Å². The zero-order chi connectivity index (χ0) is 15.5. The fraction of sp³-hybridized carbons (Fsp3) is 0.300. The standard InChI is InChI=1S/C10H10Cl2FNO5S/c1-18-2-3-19-10(15)5-4-6(13)8(12)9(7(5)11)20(14,16)17/h4H,2-3H2,1H3,(H2,14,16,17). The van der Waals surface area contributed by atoms with Crippen LogP contribution in [0.4, 0.5) is 4.39 Å². The average Bonchev–Trinajstić information content (AvgIpc) is 2.32. The van der Waals surface area contributed by atoms with Crippen molar-refractivity contribution in [1.29, 1.82) is 0 Å². The van der Waals surface area contributed by atoms with Crippen LogP contribution in [0.25, 0.3) is 0 Å². The smallest absolute Gasteiger partial charge is 0.339 e. The maximum Gasteiger partial charge on any atom is 0.339 e. The maximum atomic E-state index is 13.6. The van der Waals surface area contributed by atoms with Gasteiger partial charge in [0, 0.05) is 7.11 Å². The van der Waals surface area contributed by atoms with Crippen molar-refractivity contribution in [3.05, 3.63) is 27.5 Å². The number of methoxy groups -OCH3 is 1. The van der Waals surface area contributed by atoms with Gasteiger partial charge in [-0.15, -0.1) is 0 Å². The lowest BCUT2D eigenvalue weighted by molar-refractivity contribution is 0.0387. The van der Waals surface area contributed by atoms with E-state index in [1.807, 2.05) is 0 Å². The van der Waals surface area contributed by atoms with Crippen molar-refractivity contribution in [2.45, 2.75) is 4.90 Å². The Morgan fingerprint density at radius 3 is 2.45 bits per heavy atom. The molecule has 0 spiro atoms. The summed E-state index contributed by atoms with van der Waals surface area (Å²) in [7, 11) is -3.01. The van der Waals surface area contributed by atoms with Crippen molar-refractivity contribution in [3.8, 4) is 0 Å². The first-order valence-electron chi connectivity index (χ1n) is 5.06. The van der Waals surface area contributed by atoms with E-state index >= 15 is 0 Å². The van der Waals surface area contributed by atoms with Gasteiger partial charge in [-0.3, -0.25) is 0 Å². The van der Waals surface area contributed by atoms with Gasteiger partial charge in [-0.2, -0.15) is 0 Å². The van der Waals surface area contributed by atoms with E-state index in [1.54, 1.807) is 0 Å². The Kier molecular flexibility index (Phi) is 5.72. The number of hydrogen-bond acceptors (Lipinski definition) is 5. The molecule has 2 N–H and O–H groups in total. The molecule has 0 aliphatic rings. The Bertz CT molecular complexity index is 635. The summed E-state index contributed by atoms with van der Waals surface area (Å²) >= 11 is 11.2. The van der Waals surface area contributed by atoms with E-state index in [0.29, 0.717) is 6.07 Å². The molecule has 6 nitrogen and oxygen atoms in total. The van der Waals surface area contributed by atoms with Crippen molar-refractivity contribution in [2.75, 3.05) is 20.3 Å². The molecule has 0 amide bonds. The van der Waals surface area contributed by atoms with Crippen LogP contribution in [-0.4, -0.2) is 34.7 Å². The normalized spacial score (nSPS) is 11.4. The summed E-state index contributed by atoms with van der Waals surface area (Å²) in [6.45, 7) is 0.00208. The van der Waals surface area contributed by atoms with Gasteiger partial charge in [0.1, 0.15) is 17.3 Å². The second-order valence-corrected chi connectivity index (χ2v) is 5.79. The summed E-state index contributed by atoms with van der Waals surface area (Å²) in [5.74, 6) is -2.17. The van der Waals surface area contributed by atoms with E-state index in [2.05, 4.69) is 4.74 Å². The van der Waals surface area contributed by atoms with Crippen LogP contribution >= 0.6 is 23.2 Å². The average molecular weight is 346 g/mol. The van der Waals surface area contributed by atoms with Crippen molar-refractivity contribution >= 4 is 39.2 Å². The first kappa shape index (κ1) is 17.1. The van der Waals surface area contributed by atoms with Gasteiger partial charge in [-0.25, -0.2) is 22.7 Å². The number of carbonyl (C=O) groups excluding carboxylic acids is 1. The highest BCUT2D eigenvalue weighted by Gasteiger charge is 2.27. The quantitative estimate of drug-likeness (QED) is 0.496. The van der Waals surface area contributed by atoms with Crippen LogP contribution in [0.15, 0.2) is 11.0 Å². The largest absolute Gasteiger partial charge is 0.460 e. The Hall–Kier alpha value is -0.930. The highest BCUT2D eigenvalue weighted by atomic mass is 35.5. The summed E-state index contributed by atoms with van der Waals surface area (Å²) in [6.07, 6.45) is 0. The summed E-state index contributed by atoms with van der Waals surface area (Å²) in [5.41, 5.74) is -0.492. The van der Waals surface area contributed by atoms with Crippen LogP contribution in [0, 0.1) is 5.82 Å². The van der Waals surface area contributed by atoms with Crippen LogP contribution in [0.1, 0.15) is 10.4 Å². The van der Waals surface area contributed by atoms with E-state index in [4.69, 9.17) is 33.1 Å². The van der Waals surface area contributed by atoms with Crippen LogP contribution in [0.5, 0.6) is 0 Å². The van der Waals surface area contributed by atoms with E-state index in [1.165, 1.54) is 7.11 Å². The number of primary sulfonamides is 1. The number of esters is 1. The third-order valence-corrected chi connectivity index (χ3v) is 4.10. The van der Waals surface area contributed by atoms with Gasteiger partial charge in [0.2, 0.25) is 10.0 Å².